The fraction of sp³-hybridized carbons (Fsp3) is 0.609. The van der Waals surface area contributed by atoms with Gasteiger partial charge in [0.2, 0.25) is 41.7 Å². The molecule has 0 spiro atoms. The molecule has 109 heavy (non-hydrogen) atoms. The van der Waals surface area contributed by atoms with Crippen molar-refractivity contribution in [3.8, 4) is 5.75 Å². The first-order chi connectivity index (χ1) is 52.2. The van der Waals surface area contributed by atoms with E-state index < -0.39 is 246 Å². The number of guanidine groups is 2. The van der Waals surface area contributed by atoms with Crippen LogP contribution in [-0.4, -0.2) is 337 Å². The fourth-order valence-electron chi connectivity index (χ4n) is 14.3. The summed E-state index contributed by atoms with van der Waals surface area (Å²) < 4.78 is 47.3. The van der Waals surface area contributed by atoms with Crippen molar-refractivity contribution in [2.24, 2.45) is 27.4 Å². The number of nitrogens with two attached hydrogens (primary N) is 2. The molecule has 3 aromatic carbocycles. The van der Waals surface area contributed by atoms with Crippen molar-refractivity contribution in [1.82, 2.24) is 47.0 Å². The minimum absolute atomic E-state index is 0.0547. The highest BCUT2D eigenvalue weighted by molar-refractivity contribution is 5.98. The van der Waals surface area contributed by atoms with Gasteiger partial charge in [-0.1, -0.05) is 79.7 Å². The van der Waals surface area contributed by atoms with E-state index in [2.05, 4.69) is 47.2 Å². The number of likely N-dealkylation sites (tertiary alicyclic amines) is 1. The van der Waals surface area contributed by atoms with Crippen LogP contribution >= 0.6 is 0 Å². The van der Waals surface area contributed by atoms with E-state index in [-0.39, 0.29) is 42.9 Å². The number of fused-ring (bicyclic) bond motifs is 1. The maximum absolute atomic E-state index is 15.2. The Morgan fingerprint density at radius 2 is 1.26 bits per heavy atom. The maximum atomic E-state index is 15.2. The maximum Gasteiger partial charge on any atom is 0.410 e. The van der Waals surface area contributed by atoms with Gasteiger partial charge < -0.3 is 158 Å². The van der Waals surface area contributed by atoms with Gasteiger partial charge in [-0.25, -0.2) is 4.79 Å². The molecule has 0 saturated carbocycles. The number of aliphatic imine (C=N–C) groups is 2. The first kappa shape index (κ1) is 81.4. The lowest BCUT2D eigenvalue weighted by molar-refractivity contribution is -0.382. The standard InChI is InChI=1S/C69H95N13O27/c1-30(34-10-6-3-7-11-34)45-61(98)75-36(60(97)79-46(48(87)37-22-73-67(70)77-37)63(100)80-47(62(99)76-38(25-83)59(96)72-24-43(86)78-45)49(88)39-23-74-68(71)82(39)64-54(93)51(90)50(89)40(26-84)105-64)20-31-12-14-35(15-13-31)104-65-55(94)52(91)57(41(27-85)106-65)109-66-56(95)53(92)58-42(107-66)29-102-44(108-58)21-32-16-18-81(19-17-32)69(101)103-28-33-8-4-2-5-9-33/h2-15,30,32,36-42,44-58,64-66,83-85,87-95H,16-29H2,1H3,(H2,71,74)(H,72,96)(H,75,98)(H,76,99)(H,78,86)(H,79,97)(H,80,100)(H3,70,73,77). The Bertz CT molecular complexity index is 3660. The molecule has 0 aromatic heterocycles. The number of piperidine rings is 1. The molecule has 40 nitrogen and oxygen atoms in total. The van der Waals surface area contributed by atoms with Crippen LogP contribution in [0.15, 0.2) is 94.9 Å². The highest BCUT2D eigenvalue weighted by Gasteiger charge is 2.56. The van der Waals surface area contributed by atoms with Gasteiger partial charge in [0.15, 0.2) is 30.7 Å². The van der Waals surface area contributed by atoms with Gasteiger partial charge in [-0.3, -0.25) is 38.8 Å². The summed E-state index contributed by atoms with van der Waals surface area (Å²) in [6, 6.07) is 10.3. The molecule has 26 unspecified atom stereocenters. The Kier molecular flexibility index (Phi) is 27.2. The van der Waals surface area contributed by atoms with Gasteiger partial charge in [-0.05, 0) is 47.6 Å². The van der Waals surface area contributed by atoms with E-state index in [0.717, 1.165) is 10.5 Å². The van der Waals surface area contributed by atoms with Crippen molar-refractivity contribution in [1.29, 1.82) is 0 Å². The van der Waals surface area contributed by atoms with Crippen molar-refractivity contribution in [3.63, 3.8) is 0 Å². The summed E-state index contributed by atoms with van der Waals surface area (Å²) in [7, 11) is 0. The summed E-state index contributed by atoms with van der Waals surface area (Å²) in [5.74, 6) is -8.88. The third-order valence-electron chi connectivity index (χ3n) is 20.7. The molecule has 0 radical (unpaired) electrons. The van der Waals surface area contributed by atoms with Crippen LogP contribution in [0.2, 0.25) is 0 Å². The van der Waals surface area contributed by atoms with Crippen molar-refractivity contribution >= 4 is 53.5 Å². The van der Waals surface area contributed by atoms with Gasteiger partial charge in [0.25, 0.3) is 0 Å². The van der Waals surface area contributed by atoms with Crippen LogP contribution in [0.1, 0.15) is 48.8 Å². The van der Waals surface area contributed by atoms with E-state index in [1.807, 2.05) is 30.3 Å². The zero-order valence-corrected chi connectivity index (χ0v) is 59.0. The summed E-state index contributed by atoms with van der Waals surface area (Å²) in [4.78, 5) is 111. The number of nitrogens with zero attached hydrogens (tertiary/aromatic N) is 4. The smallest absolute Gasteiger partial charge is 0.410 e. The van der Waals surface area contributed by atoms with Crippen molar-refractivity contribution in [3.05, 3.63) is 102 Å². The highest BCUT2D eigenvalue weighted by atomic mass is 16.8. The predicted octanol–water partition coefficient (Wildman–Crippen LogP) is -9.78. The number of carbonyl (C=O) groups excluding carboxylic acids is 7. The van der Waals surface area contributed by atoms with Crippen LogP contribution in [-0.2, 0) is 75.0 Å². The number of rotatable bonds is 20. The molecule has 7 amide bonds. The number of hydrogen-bond donors (Lipinski definition) is 21. The summed E-state index contributed by atoms with van der Waals surface area (Å²) >= 11 is 0. The average molecular weight is 1540 g/mol. The van der Waals surface area contributed by atoms with Gasteiger partial charge in [0, 0.05) is 31.8 Å². The Morgan fingerprint density at radius 3 is 1.93 bits per heavy atom. The zero-order valence-electron chi connectivity index (χ0n) is 59.0. The number of amides is 7. The highest BCUT2D eigenvalue weighted by Crippen LogP contribution is 2.36. The number of benzene rings is 3. The van der Waals surface area contributed by atoms with Crippen molar-refractivity contribution in [2.45, 2.75) is 198 Å². The number of nitrogens with one attached hydrogen (secondary N) is 7. The van der Waals surface area contributed by atoms with Gasteiger partial charge >= 0.3 is 6.09 Å². The summed E-state index contributed by atoms with van der Waals surface area (Å²) in [5.41, 5.74) is 13.8. The van der Waals surface area contributed by atoms with Crippen molar-refractivity contribution in [2.75, 3.05) is 59.2 Å². The summed E-state index contributed by atoms with van der Waals surface area (Å²) in [5, 5.41) is 151. The number of ether oxygens (including phenoxy) is 8. The molecule has 11 rings (SSSR count). The quantitative estimate of drug-likeness (QED) is 0.0499. The van der Waals surface area contributed by atoms with Crippen LogP contribution in [0, 0.1) is 5.92 Å². The number of aliphatic hydroxyl groups excluding tert-OH is 12. The number of hydrogen-bond acceptors (Lipinski definition) is 33. The average Bonchev–Trinajstić information content (AvgIpc) is 1.76. The third-order valence-corrected chi connectivity index (χ3v) is 20.7. The van der Waals surface area contributed by atoms with Gasteiger partial charge in [0.05, 0.1) is 58.1 Å². The molecule has 23 N–H and O–H groups in total. The van der Waals surface area contributed by atoms with Crippen LogP contribution < -0.4 is 53.4 Å². The molecule has 0 bridgehead atoms. The lowest BCUT2D eigenvalue weighted by Gasteiger charge is -2.49. The Balaban J connectivity index is 0.788. The van der Waals surface area contributed by atoms with Gasteiger partial charge in [-0.2, -0.15) is 0 Å². The summed E-state index contributed by atoms with van der Waals surface area (Å²) in [6.45, 7) is -2.20. The van der Waals surface area contributed by atoms with Crippen molar-refractivity contribution < 1.29 is 133 Å². The molecular formula is C69H95N13O27. The van der Waals surface area contributed by atoms with E-state index in [0.29, 0.717) is 37.9 Å². The van der Waals surface area contributed by atoms with E-state index >= 15 is 9.59 Å². The van der Waals surface area contributed by atoms with Crippen LogP contribution in [0.5, 0.6) is 5.75 Å². The van der Waals surface area contributed by atoms with Gasteiger partial charge in [-0.15, -0.1) is 0 Å². The normalized spacial score (nSPS) is 35.6. The molecule has 3 aromatic rings. The molecular weight excluding hydrogens is 1440 g/mol. The van der Waals surface area contributed by atoms with Gasteiger partial charge in [0.1, 0.15) is 128 Å². The molecule has 0 aliphatic carbocycles. The molecule has 6 fully saturated rings. The molecule has 598 valence electrons. The number of aliphatic hydroxyl groups is 12. The third kappa shape index (κ3) is 19.1. The molecule has 8 aliphatic rings. The van der Waals surface area contributed by atoms with E-state index in [9.17, 15) is 85.3 Å². The Morgan fingerprint density at radius 1 is 0.615 bits per heavy atom. The monoisotopic (exact) mass is 1540 g/mol. The largest absolute Gasteiger partial charge is 0.462 e. The van der Waals surface area contributed by atoms with E-state index in [4.69, 9.17) is 49.4 Å². The van der Waals surface area contributed by atoms with Crippen LogP contribution in [0.25, 0.3) is 0 Å². The molecule has 8 heterocycles. The van der Waals surface area contributed by atoms with Crippen LogP contribution in [0.4, 0.5) is 4.79 Å². The molecule has 26 atom stereocenters. The minimum Gasteiger partial charge on any atom is -0.462 e. The fourth-order valence-corrected chi connectivity index (χ4v) is 14.3. The number of carbonyl (C=O) groups is 7. The SMILES string of the molecule is CC(c1ccccc1)C1NC(=O)CNC(=O)C(CO)NC(=O)C(C(O)C2CN=C(N)N2C2OC(CO)C(O)C(O)C2O)NC(=O)C(C(O)C2CN=C(N)N2)NC(=O)C(Cc2ccc(OC3OC(CO)C(OC4OC5COC(CC6CCN(C(=O)OCc7ccccc7)CC6)OC5C(O)C4O)C(O)C3O)cc2)NC1=O. The van der Waals surface area contributed by atoms with Crippen LogP contribution in [0.3, 0.4) is 0 Å². The summed E-state index contributed by atoms with van der Waals surface area (Å²) in [6.07, 6.45) is -29.5. The first-order valence-electron chi connectivity index (χ1n) is 35.8. The lowest BCUT2D eigenvalue weighted by atomic mass is 9.92. The molecule has 40 heteroatoms. The second-order valence-electron chi connectivity index (χ2n) is 28.0. The second-order valence-corrected chi connectivity index (χ2v) is 28.0. The van der Waals surface area contributed by atoms with E-state index in [1.54, 1.807) is 42.2 Å². The first-order valence-corrected chi connectivity index (χ1v) is 35.8. The molecule has 6 saturated heterocycles. The Labute approximate surface area is 623 Å². The predicted molar refractivity (Wildman–Crippen MR) is 370 cm³/mol. The van der Waals surface area contributed by atoms with E-state index in [1.165, 1.54) is 24.3 Å². The zero-order chi connectivity index (χ0) is 78.1. The Hall–Kier alpha value is -8.63. The second kappa shape index (κ2) is 36.5. The minimum atomic E-state index is -2.35. The topological polar surface area (TPSA) is 604 Å². The molecule has 8 aliphatic heterocycles. The lowest BCUT2D eigenvalue weighted by Crippen LogP contribution is -2.70.